The molecule has 0 unspecified atom stereocenters. The van der Waals surface area contributed by atoms with Crippen molar-refractivity contribution in [2.24, 2.45) is 0 Å². The van der Waals surface area contributed by atoms with Crippen molar-refractivity contribution < 1.29 is 22.7 Å². The zero-order valence-electron chi connectivity index (χ0n) is 12.3. The SMILES string of the molecule is COc1ccccc1NC(=O)CCNc1ccc(F)c(F)c1F. The van der Waals surface area contributed by atoms with E-state index in [2.05, 4.69) is 10.6 Å². The Kier molecular flexibility index (Phi) is 5.46. The van der Waals surface area contributed by atoms with Gasteiger partial charge in [-0.3, -0.25) is 4.79 Å². The summed E-state index contributed by atoms with van der Waals surface area (Å²) < 4.78 is 44.4. The molecule has 2 aromatic carbocycles. The highest BCUT2D eigenvalue weighted by atomic mass is 19.2. The minimum Gasteiger partial charge on any atom is -0.495 e. The van der Waals surface area contributed by atoms with Gasteiger partial charge in [0.05, 0.1) is 18.5 Å². The van der Waals surface area contributed by atoms with Crippen molar-refractivity contribution in [1.82, 2.24) is 0 Å². The van der Waals surface area contributed by atoms with Crippen molar-refractivity contribution >= 4 is 17.3 Å². The number of nitrogens with one attached hydrogen (secondary N) is 2. The lowest BCUT2D eigenvalue weighted by atomic mass is 10.2. The second kappa shape index (κ2) is 7.53. The Balaban J connectivity index is 1.89. The third-order valence-electron chi connectivity index (χ3n) is 3.08. The van der Waals surface area contributed by atoms with E-state index in [4.69, 9.17) is 4.74 Å². The van der Waals surface area contributed by atoms with Crippen LogP contribution in [0.15, 0.2) is 36.4 Å². The van der Waals surface area contributed by atoms with Crippen LogP contribution < -0.4 is 15.4 Å². The molecule has 0 fully saturated rings. The van der Waals surface area contributed by atoms with Gasteiger partial charge in [-0.1, -0.05) is 12.1 Å². The Morgan fingerprint density at radius 2 is 1.78 bits per heavy atom. The number of anilines is 2. The highest BCUT2D eigenvalue weighted by Gasteiger charge is 2.13. The molecule has 0 radical (unpaired) electrons. The molecule has 0 saturated carbocycles. The minimum atomic E-state index is -1.55. The van der Waals surface area contributed by atoms with Crippen LogP contribution in [0, 0.1) is 17.5 Å². The van der Waals surface area contributed by atoms with Crippen molar-refractivity contribution in [1.29, 1.82) is 0 Å². The number of amides is 1. The van der Waals surface area contributed by atoms with E-state index in [1.807, 2.05) is 0 Å². The second-order valence-corrected chi connectivity index (χ2v) is 4.65. The summed E-state index contributed by atoms with van der Waals surface area (Å²) in [6.45, 7) is 0.0585. The number of rotatable bonds is 6. The van der Waals surface area contributed by atoms with E-state index in [0.717, 1.165) is 12.1 Å². The summed E-state index contributed by atoms with van der Waals surface area (Å²) in [6, 6.07) is 8.78. The van der Waals surface area contributed by atoms with Crippen LogP contribution >= 0.6 is 0 Å². The van der Waals surface area contributed by atoms with Gasteiger partial charge < -0.3 is 15.4 Å². The van der Waals surface area contributed by atoms with Gasteiger partial charge in [0.2, 0.25) is 5.91 Å². The van der Waals surface area contributed by atoms with Crippen molar-refractivity contribution in [2.75, 3.05) is 24.3 Å². The third-order valence-corrected chi connectivity index (χ3v) is 3.08. The van der Waals surface area contributed by atoms with Crippen molar-refractivity contribution in [3.63, 3.8) is 0 Å². The van der Waals surface area contributed by atoms with Crippen LogP contribution in [-0.4, -0.2) is 19.6 Å². The topological polar surface area (TPSA) is 50.4 Å². The van der Waals surface area contributed by atoms with Gasteiger partial charge in [-0.25, -0.2) is 13.2 Å². The summed E-state index contributed by atoms with van der Waals surface area (Å²) in [5.41, 5.74) is 0.313. The second-order valence-electron chi connectivity index (χ2n) is 4.65. The summed E-state index contributed by atoms with van der Waals surface area (Å²) in [4.78, 5) is 11.8. The fourth-order valence-electron chi connectivity index (χ4n) is 1.93. The molecule has 0 aliphatic rings. The molecule has 0 aliphatic carbocycles. The van der Waals surface area contributed by atoms with Gasteiger partial charge in [-0.05, 0) is 24.3 Å². The first-order chi connectivity index (χ1) is 11.0. The molecule has 2 rings (SSSR count). The van der Waals surface area contributed by atoms with E-state index in [1.165, 1.54) is 7.11 Å². The number of halogens is 3. The van der Waals surface area contributed by atoms with E-state index in [0.29, 0.717) is 11.4 Å². The largest absolute Gasteiger partial charge is 0.495 e. The van der Waals surface area contributed by atoms with Gasteiger partial charge in [-0.15, -0.1) is 0 Å². The molecule has 2 aromatic rings. The average Bonchev–Trinajstić information content (AvgIpc) is 2.55. The van der Waals surface area contributed by atoms with Gasteiger partial charge in [0.1, 0.15) is 5.75 Å². The Bertz CT molecular complexity index is 708. The number of carbonyl (C=O) groups excluding carboxylic acids is 1. The molecule has 4 nitrogen and oxygen atoms in total. The zero-order chi connectivity index (χ0) is 16.8. The van der Waals surface area contributed by atoms with Crippen LogP contribution in [0.25, 0.3) is 0 Å². The number of ether oxygens (including phenoxy) is 1. The Morgan fingerprint density at radius 1 is 1.04 bits per heavy atom. The normalized spacial score (nSPS) is 10.3. The van der Waals surface area contributed by atoms with Gasteiger partial charge >= 0.3 is 0 Å². The first-order valence-corrected chi connectivity index (χ1v) is 6.83. The first kappa shape index (κ1) is 16.7. The minimum absolute atomic E-state index is 0.0104. The fraction of sp³-hybridized carbons (Fsp3) is 0.188. The average molecular weight is 324 g/mol. The molecule has 0 heterocycles. The number of carbonyl (C=O) groups is 1. The molecule has 2 N–H and O–H groups in total. The van der Waals surface area contributed by atoms with Gasteiger partial charge in [0.15, 0.2) is 17.5 Å². The smallest absolute Gasteiger partial charge is 0.226 e. The third kappa shape index (κ3) is 4.15. The maximum absolute atomic E-state index is 13.4. The number of hydrogen-bond acceptors (Lipinski definition) is 3. The summed E-state index contributed by atoms with van der Waals surface area (Å²) in [6.07, 6.45) is 0.0104. The predicted octanol–water partition coefficient (Wildman–Crippen LogP) is 3.55. The molecule has 1 amide bonds. The van der Waals surface area contributed by atoms with Crippen LogP contribution in [0.4, 0.5) is 24.5 Å². The zero-order valence-corrected chi connectivity index (χ0v) is 12.3. The van der Waals surface area contributed by atoms with Crippen LogP contribution in [0.3, 0.4) is 0 Å². The number of methoxy groups -OCH3 is 1. The lowest BCUT2D eigenvalue weighted by molar-refractivity contribution is -0.116. The maximum Gasteiger partial charge on any atom is 0.226 e. The van der Waals surface area contributed by atoms with E-state index < -0.39 is 17.5 Å². The van der Waals surface area contributed by atoms with E-state index in [1.54, 1.807) is 24.3 Å². The van der Waals surface area contributed by atoms with Gasteiger partial charge in [-0.2, -0.15) is 0 Å². The predicted molar refractivity (Wildman–Crippen MR) is 81.0 cm³/mol. The summed E-state index contributed by atoms with van der Waals surface area (Å²) in [5, 5.41) is 5.20. The highest BCUT2D eigenvalue weighted by molar-refractivity contribution is 5.92. The molecular formula is C16H15F3N2O2. The lowest BCUT2D eigenvalue weighted by Gasteiger charge is -2.11. The van der Waals surface area contributed by atoms with Crippen LogP contribution in [0.5, 0.6) is 5.75 Å². The van der Waals surface area contributed by atoms with E-state index in [-0.39, 0.29) is 24.6 Å². The molecule has 0 bridgehead atoms. The molecule has 122 valence electrons. The van der Waals surface area contributed by atoms with Gasteiger partial charge in [0.25, 0.3) is 0 Å². The van der Waals surface area contributed by atoms with Crippen molar-refractivity contribution in [3.05, 3.63) is 53.8 Å². The quantitative estimate of drug-likeness (QED) is 0.799. The molecule has 0 spiro atoms. The fourth-order valence-corrected chi connectivity index (χ4v) is 1.93. The maximum atomic E-state index is 13.4. The molecule has 0 aromatic heterocycles. The van der Waals surface area contributed by atoms with Crippen molar-refractivity contribution in [2.45, 2.75) is 6.42 Å². The van der Waals surface area contributed by atoms with E-state index in [9.17, 15) is 18.0 Å². The van der Waals surface area contributed by atoms with Gasteiger partial charge in [0, 0.05) is 13.0 Å². The summed E-state index contributed by atoms with van der Waals surface area (Å²) in [7, 11) is 1.48. The highest BCUT2D eigenvalue weighted by Crippen LogP contribution is 2.23. The number of hydrogen-bond donors (Lipinski definition) is 2. The molecule has 0 atom stereocenters. The Hall–Kier alpha value is -2.70. The Morgan fingerprint density at radius 3 is 2.52 bits per heavy atom. The van der Waals surface area contributed by atoms with Crippen LogP contribution in [-0.2, 0) is 4.79 Å². The summed E-state index contributed by atoms with van der Waals surface area (Å²) in [5.74, 6) is -3.93. The summed E-state index contributed by atoms with van der Waals surface area (Å²) >= 11 is 0. The molecule has 23 heavy (non-hydrogen) atoms. The van der Waals surface area contributed by atoms with Crippen molar-refractivity contribution in [3.8, 4) is 5.75 Å². The number of para-hydroxylation sites is 2. The van der Waals surface area contributed by atoms with Crippen LogP contribution in [0.2, 0.25) is 0 Å². The molecule has 0 saturated heterocycles. The van der Waals surface area contributed by atoms with E-state index >= 15 is 0 Å². The molecule has 7 heteroatoms. The first-order valence-electron chi connectivity index (χ1n) is 6.83. The lowest BCUT2D eigenvalue weighted by Crippen LogP contribution is -2.17. The van der Waals surface area contributed by atoms with Crippen LogP contribution in [0.1, 0.15) is 6.42 Å². The molecule has 0 aliphatic heterocycles. The molecular weight excluding hydrogens is 309 g/mol. The Labute approximate surface area is 131 Å². The standard InChI is InChI=1S/C16H15F3N2O2/c1-23-13-5-3-2-4-11(13)21-14(22)8-9-20-12-7-6-10(17)15(18)16(12)19/h2-7,20H,8-9H2,1H3,(H,21,22). The monoisotopic (exact) mass is 324 g/mol. The number of benzene rings is 2.